The molecule has 1 atom stereocenters. The van der Waals surface area contributed by atoms with Gasteiger partial charge in [-0.1, -0.05) is 6.92 Å². The van der Waals surface area contributed by atoms with Gasteiger partial charge in [0.2, 0.25) is 0 Å². The van der Waals surface area contributed by atoms with Crippen molar-refractivity contribution in [2.75, 3.05) is 43.9 Å². The Morgan fingerprint density at radius 3 is 2.94 bits per heavy atom. The van der Waals surface area contributed by atoms with Crippen LogP contribution in [-0.2, 0) is 0 Å². The molecule has 1 unspecified atom stereocenters. The van der Waals surface area contributed by atoms with E-state index in [9.17, 15) is 0 Å². The van der Waals surface area contributed by atoms with E-state index in [2.05, 4.69) is 39.1 Å². The highest BCUT2D eigenvalue weighted by atomic mass is 15.3. The van der Waals surface area contributed by atoms with Gasteiger partial charge in [0.25, 0.3) is 0 Å². The number of rotatable bonds is 3. The van der Waals surface area contributed by atoms with Gasteiger partial charge < -0.3 is 15.1 Å². The summed E-state index contributed by atoms with van der Waals surface area (Å²) in [6.07, 6.45) is 5.94. The Hall–Kier alpha value is -1.36. The second kappa shape index (κ2) is 6.00. The maximum absolute atomic E-state index is 4.61. The molecular weight excluding hydrogens is 226 g/mol. The first-order chi connectivity index (χ1) is 8.74. The van der Waals surface area contributed by atoms with Crippen molar-refractivity contribution in [2.45, 2.75) is 25.8 Å². The van der Waals surface area contributed by atoms with Crippen LogP contribution < -0.4 is 10.2 Å². The van der Waals surface area contributed by atoms with Gasteiger partial charge in [-0.2, -0.15) is 0 Å². The third-order valence-electron chi connectivity index (χ3n) is 3.55. The van der Waals surface area contributed by atoms with Crippen LogP contribution in [0.2, 0.25) is 0 Å². The summed E-state index contributed by atoms with van der Waals surface area (Å²) in [7, 11) is 4.07. The SMILES string of the molecule is CCC1CN(C)CCCN1c1cncc(NC)n1. The molecule has 0 bridgehead atoms. The molecule has 1 aromatic rings. The van der Waals surface area contributed by atoms with Gasteiger partial charge in [-0.05, 0) is 26.4 Å². The highest BCUT2D eigenvalue weighted by molar-refractivity contribution is 5.44. The number of aromatic nitrogens is 2. The molecule has 0 amide bonds. The Labute approximate surface area is 109 Å². The van der Waals surface area contributed by atoms with Crippen LogP contribution in [0.25, 0.3) is 0 Å². The zero-order chi connectivity index (χ0) is 13.0. The molecular formula is C13H23N5. The summed E-state index contributed by atoms with van der Waals surface area (Å²) in [4.78, 5) is 13.7. The monoisotopic (exact) mass is 249 g/mol. The molecule has 5 nitrogen and oxygen atoms in total. The van der Waals surface area contributed by atoms with Gasteiger partial charge in [0, 0.05) is 26.2 Å². The van der Waals surface area contributed by atoms with E-state index in [1.165, 1.54) is 6.42 Å². The molecule has 2 heterocycles. The van der Waals surface area contributed by atoms with E-state index in [0.717, 1.165) is 37.7 Å². The second-order valence-corrected chi connectivity index (χ2v) is 4.88. The zero-order valence-corrected chi connectivity index (χ0v) is 11.6. The van der Waals surface area contributed by atoms with Crippen molar-refractivity contribution >= 4 is 11.6 Å². The molecule has 1 fully saturated rings. The number of nitrogens with one attached hydrogen (secondary N) is 1. The Bertz CT molecular complexity index is 381. The van der Waals surface area contributed by atoms with Crippen molar-refractivity contribution in [3.8, 4) is 0 Å². The standard InChI is InChI=1S/C13H23N5/c1-4-11-10-17(3)6-5-7-18(11)13-9-15-8-12(14-2)16-13/h8-9,11H,4-7,10H2,1-3H3,(H,14,16). The molecule has 5 heteroatoms. The zero-order valence-electron chi connectivity index (χ0n) is 11.6. The van der Waals surface area contributed by atoms with E-state index < -0.39 is 0 Å². The topological polar surface area (TPSA) is 44.3 Å². The van der Waals surface area contributed by atoms with Crippen molar-refractivity contribution < 1.29 is 0 Å². The molecule has 1 N–H and O–H groups in total. The summed E-state index contributed by atoms with van der Waals surface area (Å²) in [6.45, 7) is 5.56. The molecule has 100 valence electrons. The van der Waals surface area contributed by atoms with E-state index in [-0.39, 0.29) is 0 Å². The number of hydrogen-bond donors (Lipinski definition) is 1. The lowest BCUT2D eigenvalue weighted by atomic mass is 10.2. The molecule has 0 radical (unpaired) electrons. The van der Waals surface area contributed by atoms with E-state index in [1.807, 2.05) is 13.2 Å². The molecule has 1 aliphatic rings. The smallest absolute Gasteiger partial charge is 0.149 e. The second-order valence-electron chi connectivity index (χ2n) is 4.88. The summed E-state index contributed by atoms with van der Waals surface area (Å²) in [5.74, 6) is 1.82. The van der Waals surface area contributed by atoms with Crippen LogP contribution in [0.1, 0.15) is 19.8 Å². The highest BCUT2D eigenvalue weighted by Crippen LogP contribution is 2.20. The Morgan fingerprint density at radius 1 is 1.39 bits per heavy atom. The van der Waals surface area contributed by atoms with Crippen molar-refractivity contribution in [1.82, 2.24) is 14.9 Å². The third kappa shape index (κ3) is 2.90. The maximum Gasteiger partial charge on any atom is 0.149 e. The first-order valence-corrected chi connectivity index (χ1v) is 6.69. The van der Waals surface area contributed by atoms with Crippen LogP contribution in [0.5, 0.6) is 0 Å². The van der Waals surface area contributed by atoms with Crippen LogP contribution in [0.4, 0.5) is 11.6 Å². The lowest BCUT2D eigenvalue weighted by Gasteiger charge is -2.31. The first-order valence-electron chi connectivity index (χ1n) is 6.69. The molecule has 18 heavy (non-hydrogen) atoms. The lowest BCUT2D eigenvalue weighted by molar-refractivity contribution is 0.327. The quantitative estimate of drug-likeness (QED) is 0.878. The van der Waals surface area contributed by atoms with Gasteiger partial charge in [0.05, 0.1) is 12.4 Å². The van der Waals surface area contributed by atoms with E-state index in [4.69, 9.17) is 0 Å². The summed E-state index contributed by atoms with van der Waals surface area (Å²) >= 11 is 0. The molecule has 1 aliphatic heterocycles. The number of likely N-dealkylation sites (N-methyl/N-ethyl adjacent to an activating group) is 1. The van der Waals surface area contributed by atoms with Gasteiger partial charge in [-0.25, -0.2) is 4.98 Å². The highest BCUT2D eigenvalue weighted by Gasteiger charge is 2.23. The average molecular weight is 249 g/mol. The Balaban J connectivity index is 2.22. The predicted molar refractivity (Wildman–Crippen MR) is 75.1 cm³/mol. The minimum atomic E-state index is 0.527. The van der Waals surface area contributed by atoms with E-state index >= 15 is 0 Å². The van der Waals surface area contributed by atoms with E-state index in [1.54, 1.807) is 6.20 Å². The molecule has 0 spiro atoms. The van der Waals surface area contributed by atoms with Gasteiger partial charge in [-0.15, -0.1) is 0 Å². The first kappa shape index (κ1) is 13.1. The third-order valence-corrected chi connectivity index (χ3v) is 3.55. The minimum absolute atomic E-state index is 0.527. The molecule has 1 saturated heterocycles. The normalized spacial score (nSPS) is 21.7. The van der Waals surface area contributed by atoms with E-state index in [0.29, 0.717) is 6.04 Å². The molecule has 0 saturated carbocycles. The molecule has 1 aromatic heterocycles. The largest absolute Gasteiger partial charge is 0.372 e. The van der Waals surface area contributed by atoms with Crippen LogP contribution in [0, 0.1) is 0 Å². The van der Waals surface area contributed by atoms with Crippen molar-refractivity contribution in [3.63, 3.8) is 0 Å². The Kier molecular flexibility index (Phi) is 4.36. The predicted octanol–water partition coefficient (Wildman–Crippen LogP) is 1.44. The van der Waals surface area contributed by atoms with Crippen molar-refractivity contribution in [1.29, 1.82) is 0 Å². The molecule has 0 aliphatic carbocycles. The Morgan fingerprint density at radius 2 is 2.22 bits per heavy atom. The van der Waals surface area contributed by atoms with Crippen LogP contribution in [0.3, 0.4) is 0 Å². The summed E-state index contributed by atoms with van der Waals surface area (Å²) in [6, 6.07) is 0.527. The molecule has 0 aromatic carbocycles. The molecule has 2 rings (SSSR count). The lowest BCUT2D eigenvalue weighted by Crippen LogP contribution is -2.40. The minimum Gasteiger partial charge on any atom is -0.372 e. The summed E-state index contributed by atoms with van der Waals surface area (Å²) < 4.78 is 0. The van der Waals surface area contributed by atoms with Crippen LogP contribution in [-0.4, -0.2) is 54.6 Å². The van der Waals surface area contributed by atoms with Gasteiger partial charge >= 0.3 is 0 Å². The fourth-order valence-corrected chi connectivity index (χ4v) is 2.51. The van der Waals surface area contributed by atoms with Crippen molar-refractivity contribution in [3.05, 3.63) is 12.4 Å². The fraction of sp³-hybridized carbons (Fsp3) is 0.692. The van der Waals surface area contributed by atoms with Crippen LogP contribution >= 0.6 is 0 Å². The number of anilines is 2. The maximum atomic E-state index is 4.61. The van der Waals surface area contributed by atoms with Gasteiger partial charge in [-0.3, -0.25) is 4.98 Å². The number of hydrogen-bond acceptors (Lipinski definition) is 5. The number of nitrogens with zero attached hydrogens (tertiary/aromatic N) is 4. The van der Waals surface area contributed by atoms with Crippen LogP contribution in [0.15, 0.2) is 12.4 Å². The average Bonchev–Trinajstić information content (AvgIpc) is 2.60. The summed E-state index contributed by atoms with van der Waals surface area (Å²) in [5, 5.41) is 3.05. The van der Waals surface area contributed by atoms with Crippen molar-refractivity contribution in [2.24, 2.45) is 0 Å². The summed E-state index contributed by atoms with van der Waals surface area (Å²) in [5.41, 5.74) is 0. The fourth-order valence-electron chi connectivity index (χ4n) is 2.51. The van der Waals surface area contributed by atoms with Gasteiger partial charge in [0.15, 0.2) is 0 Å². The van der Waals surface area contributed by atoms with Gasteiger partial charge in [0.1, 0.15) is 11.6 Å².